The molecule has 0 aromatic heterocycles. The van der Waals surface area contributed by atoms with E-state index in [9.17, 15) is 0 Å². The molecule has 0 heterocycles. The highest BCUT2D eigenvalue weighted by atomic mass is 14.9. The molecule has 0 aliphatic heterocycles. The highest BCUT2D eigenvalue weighted by Crippen LogP contribution is 2.42. The number of nitrogens with two attached hydrogens (primary N) is 1. The lowest BCUT2D eigenvalue weighted by atomic mass is 9.78. The quantitative estimate of drug-likeness (QED) is 0.710. The molecule has 1 aliphatic rings. The third-order valence-electron chi connectivity index (χ3n) is 3.68. The first kappa shape index (κ1) is 13.0. The summed E-state index contributed by atoms with van der Waals surface area (Å²) in [6, 6.07) is 0.467. The Balaban J connectivity index is 2.42. The topological polar surface area (TPSA) is 38.0 Å². The first-order valence-corrected chi connectivity index (χ1v) is 6.51. The van der Waals surface area contributed by atoms with Gasteiger partial charge in [-0.1, -0.05) is 26.7 Å². The van der Waals surface area contributed by atoms with Crippen LogP contribution in [0.25, 0.3) is 0 Å². The van der Waals surface area contributed by atoms with E-state index in [2.05, 4.69) is 26.1 Å². The van der Waals surface area contributed by atoms with Crippen LogP contribution in [-0.4, -0.2) is 19.1 Å². The van der Waals surface area contributed by atoms with Crippen molar-refractivity contribution in [1.82, 2.24) is 5.32 Å². The minimum Gasteiger partial charge on any atom is -0.329 e. The van der Waals surface area contributed by atoms with Crippen LogP contribution in [0.3, 0.4) is 0 Å². The Labute approximate surface area is 95.0 Å². The van der Waals surface area contributed by atoms with Crippen LogP contribution < -0.4 is 11.1 Å². The van der Waals surface area contributed by atoms with Crippen LogP contribution in [0.4, 0.5) is 0 Å². The minimum atomic E-state index is 0.467. The van der Waals surface area contributed by atoms with Gasteiger partial charge in [0.2, 0.25) is 0 Å². The van der Waals surface area contributed by atoms with Crippen LogP contribution in [-0.2, 0) is 0 Å². The van der Waals surface area contributed by atoms with E-state index in [0.717, 1.165) is 12.5 Å². The van der Waals surface area contributed by atoms with E-state index in [0.29, 0.717) is 11.5 Å². The first-order chi connectivity index (χ1) is 7.08. The molecule has 90 valence electrons. The van der Waals surface area contributed by atoms with E-state index in [1.54, 1.807) is 0 Å². The van der Waals surface area contributed by atoms with Crippen molar-refractivity contribution in [2.45, 2.75) is 58.9 Å². The summed E-state index contributed by atoms with van der Waals surface area (Å²) in [5.74, 6) is 0.818. The van der Waals surface area contributed by atoms with E-state index in [4.69, 9.17) is 5.73 Å². The van der Waals surface area contributed by atoms with Crippen molar-refractivity contribution in [2.75, 3.05) is 13.1 Å². The molecule has 1 atom stereocenters. The number of rotatable bonds is 6. The van der Waals surface area contributed by atoms with Crippen molar-refractivity contribution < 1.29 is 0 Å². The summed E-state index contributed by atoms with van der Waals surface area (Å²) in [4.78, 5) is 0. The van der Waals surface area contributed by atoms with Crippen LogP contribution in [0.2, 0.25) is 0 Å². The molecule has 0 spiro atoms. The van der Waals surface area contributed by atoms with Crippen LogP contribution >= 0.6 is 0 Å². The lowest BCUT2D eigenvalue weighted by molar-refractivity contribution is 0.217. The van der Waals surface area contributed by atoms with Gasteiger partial charge < -0.3 is 11.1 Å². The molecule has 2 nitrogen and oxygen atoms in total. The molecule has 0 amide bonds. The first-order valence-electron chi connectivity index (χ1n) is 6.51. The molecule has 1 rings (SSSR count). The summed E-state index contributed by atoms with van der Waals surface area (Å²) in [5, 5.41) is 3.60. The van der Waals surface area contributed by atoms with E-state index < -0.39 is 0 Å². The molecule has 0 saturated heterocycles. The maximum atomic E-state index is 5.64. The highest BCUT2D eigenvalue weighted by molar-refractivity contribution is 4.88. The van der Waals surface area contributed by atoms with Crippen molar-refractivity contribution in [3.63, 3.8) is 0 Å². The third-order valence-corrected chi connectivity index (χ3v) is 3.68. The molecule has 1 fully saturated rings. The molecule has 2 heteroatoms. The number of hydrogen-bond donors (Lipinski definition) is 2. The maximum Gasteiger partial charge on any atom is 0.0162 e. The van der Waals surface area contributed by atoms with E-state index in [1.807, 2.05) is 0 Å². The van der Waals surface area contributed by atoms with Gasteiger partial charge in [0.15, 0.2) is 0 Å². The fourth-order valence-electron chi connectivity index (χ4n) is 2.92. The molecule has 1 saturated carbocycles. The molecule has 0 aromatic carbocycles. The Kier molecular flexibility index (Phi) is 5.07. The highest BCUT2D eigenvalue weighted by Gasteiger charge is 2.34. The van der Waals surface area contributed by atoms with Gasteiger partial charge in [-0.3, -0.25) is 0 Å². The van der Waals surface area contributed by atoms with E-state index in [1.165, 1.54) is 38.6 Å². The molecule has 0 unspecified atom stereocenters. The molecule has 1 aliphatic carbocycles. The van der Waals surface area contributed by atoms with Gasteiger partial charge in [-0.25, -0.2) is 0 Å². The second-order valence-corrected chi connectivity index (χ2v) is 5.82. The predicted octanol–water partition coefficient (Wildman–Crippen LogP) is 2.53. The molecular weight excluding hydrogens is 184 g/mol. The van der Waals surface area contributed by atoms with E-state index >= 15 is 0 Å². The van der Waals surface area contributed by atoms with Gasteiger partial charge in [0.1, 0.15) is 0 Å². The van der Waals surface area contributed by atoms with Gasteiger partial charge in [-0.05, 0) is 37.5 Å². The summed E-state index contributed by atoms with van der Waals surface area (Å²) in [6.07, 6.45) is 7.04. The predicted molar refractivity (Wildman–Crippen MR) is 66.9 cm³/mol. The standard InChI is InChI=1S/C13H28N2/c1-11(2)8-13(6-4-5-7-13)10-15-12(3)9-14/h11-12,15H,4-10,14H2,1-3H3/t12-/m0/s1. The second-order valence-electron chi connectivity index (χ2n) is 5.82. The summed E-state index contributed by atoms with van der Waals surface area (Å²) in [7, 11) is 0. The van der Waals surface area contributed by atoms with Gasteiger partial charge in [0.25, 0.3) is 0 Å². The third kappa shape index (κ3) is 4.12. The normalized spacial score (nSPS) is 22.2. The zero-order valence-electron chi connectivity index (χ0n) is 10.7. The number of nitrogens with one attached hydrogen (secondary N) is 1. The molecule has 0 bridgehead atoms. The van der Waals surface area contributed by atoms with Gasteiger partial charge >= 0.3 is 0 Å². The van der Waals surface area contributed by atoms with Crippen molar-refractivity contribution in [2.24, 2.45) is 17.1 Å². The van der Waals surface area contributed by atoms with Crippen molar-refractivity contribution in [1.29, 1.82) is 0 Å². The summed E-state index contributed by atoms with van der Waals surface area (Å²) >= 11 is 0. The average Bonchev–Trinajstić information content (AvgIpc) is 2.62. The van der Waals surface area contributed by atoms with Crippen molar-refractivity contribution >= 4 is 0 Å². The summed E-state index contributed by atoms with van der Waals surface area (Å²) < 4.78 is 0. The van der Waals surface area contributed by atoms with Gasteiger partial charge in [-0.2, -0.15) is 0 Å². The fraction of sp³-hybridized carbons (Fsp3) is 1.00. The Morgan fingerprint density at radius 1 is 1.20 bits per heavy atom. The molecule has 0 radical (unpaired) electrons. The lowest BCUT2D eigenvalue weighted by Crippen LogP contribution is -2.41. The van der Waals surface area contributed by atoms with E-state index in [-0.39, 0.29) is 0 Å². The Morgan fingerprint density at radius 3 is 2.27 bits per heavy atom. The largest absolute Gasteiger partial charge is 0.329 e. The zero-order chi connectivity index (χ0) is 11.3. The van der Waals surface area contributed by atoms with Crippen LogP contribution in [0.5, 0.6) is 0 Å². The average molecular weight is 212 g/mol. The minimum absolute atomic E-state index is 0.467. The number of hydrogen-bond acceptors (Lipinski definition) is 2. The van der Waals surface area contributed by atoms with Crippen molar-refractivity contribution in [3.8, 4) is 0 Å². The van der Waals surface area contributed by atoms with Crippen molar-refractivity contribution in [3.05, 3.63) is 0 Å². The fourth-order valence-corrected chi connectivity index (χ4v) is 2.92. The van der Waals surface area contributed by atoms with Crippen LogP contribution in [0, 0.1) is 11.3 Å². The van der Waals surface area contributed by atoms with Gasteiger partial charge in [0, 0.05) is 19.1 Å². The Morgan fingerprint density at radius 2 is 1.80 bits per heavy atom. The smallest absolute Gasteiger partial charge is 0.0162 e. The van der Waals surface area contributed by atoms with Crippen LogP contribution in [0.15, 0.2) is 0 Å². The maximum absolute atomic E-state index is 5.64. The molecule has 3 N–H and O–H groups in total. The molecule has 15 heavy (non-hydrogen) atoms. The summed E-state index contributed by atoms with van der Waals surface area (Å²) in [6.45, 7) is 8.78. The van der Waals surface area contributed by atoms with Gasteiger partial charge in [-0.15, -0.1) is 0 Å². The molecular formula is C13H28N2. The lowest BCUT2D eigenvalue weighted by Gasteiger charge is -2.32. The van der Waals surface area contributed by atoms with Gasteiger partial charge in [0.05, 0.1) is 0 Å². The molecule has 0 aromatic rings. The van der Waals surface area contributed by atoms with Crippen LogP contribution in [0.1, 0.15) is 52.9 Å². The second kappa shape index (κ2) is 5.86. The zero-order valence-corrected chi connectivity index (χ0v) is 10.7. The Hall–Kier alpha value is -0.0800. The monoisotopic (exact) mass is 212 g/mol. The SMILES string of the molecule is CC(C)CC1(CN[C@@H](C)CN)CCCC1. The Bertz CT molecular complexity index is 171. The summed E-state index contributed by atoms with van der Waals surface area (Å²) in [5.41, 5.74) is 6.22.